The van der Waals surface area contributed by atoms with Gasteiger partial charge in [0.1, 0.15) is 0 Å². The van der Waals surface area contributed by atoms with E-state index in [4.69, 9.17) is 5.11 Å². The Hall–Kier alpha value is -0.910. The molecule has 2 N–H and O–H groups in total. The molecule has 0 aromatic carbocycles. The first-order valence-corrected chi connectivity index (χ1v) is 8.38. The predicted octanol–water partition coefficient (Wildman–Crippen LogP) is 2.52. The maximum absolute atomic E-state index is 12.0. The summed E-state index contributed by atoms with van der Waals surface area (Å²) in [5, 5.41) is 11.8. The number of aliphatic carboxylic acids is 1. The number of hydrogen-bond acceptors (Lipinski definition) is 3. The van der Waals surface area contributed by atoms with Crippen molar-refractivity contribution in [3.8, 4) is 0 Å². The van der Waals surface area contributed by atoms with E-state index in [2.05, 4.69) is 19.2 Å². The number of amides is 2. The van der Waals surface area contributed by atoms with Gasteiger partial charge in [0.25, 0.3) is 0 Å². The van der Waals surface area contributed by atoms with E-state index in [1.54, 1.807) is 23.7 Å². The van der Waals surface area contributed by atoms with Crippen molar-refractivity contribution in [2.75, 3.05) is 25.6 Å². The number of carboxylic acids is 1. The van der Waals surface area contributed by atoms with Gasteiger partial charge in [0.05, 0.1) is 0 Å². The van der Waals surface area contributed by atoms with Gasteiger partial charge in [-0.3, -0.25) is 4.79 Å². The molecule has 0 saturated carbocycles. The van der Waals surface area contributed by atoms with Crippen LogP contribution in [0.2, 0.25) is 0 Å². The molecule has 0 rings (SSSR count). The summed E-state index contributed by atoms with van der Waals surface area (Å²) in [6.45, 7) is 6.53. The summed E-state index contributed by atoms with van der Waals surface area (Å²) in [5.74, 6) is 0.480. The molecule has 5 nitrogen and oxygen atoms in total. The van der Waals surface area contributed by atoms with Crippen LogP contribution in [0.5, 0.6) is 0 Å². The molecule has 118 valence electrons. The zero-order valence-corrected chi connectivity index (χ0v) is 14.0. The number of carboxylic acid groups (broad SMARTS) is 1. The third kappa shape index (κ3) is 8.30. The molecule has 6 heteroatoms. The topological polar surface area (TPSA) is 69.6 Å². The molecule has 0 spiro atoms. The SMILES string of the molecule is CSCC(C)N(C)C(=O)NCC(CC(=O)O)CC(C)C. The number of urea groups is 1. The lowest BCUT2D eigenvalue weighted by Gasteiger charge is -2.26. The summed E-state index contributed by atoms with van der Waals surface area (Å²) >= 11 is 1.70. The molecular formula is C14H28N2O3S. The molecule has 0 aliphatic heterocycles. The van der Waals surface area contributed by atoms with Crippen LogP contribution >= 0.6 is 11.8 Å². The van der Waals surface area contributed by atoms with Gasteiger partial charge in [-0.05, 0) is 31.4 Å². The van der Waals surface area contributed by atoms with Crippen molar-refractivity contribution < 1.29 is 14.7 Å². The Kier molecular flexibility index (Phi) is 9.46. The third-order valence-electron chi connectivity index (χ3n) is 3.20. The second-order valence-electron chi connectivity index (χ2n) is 5.69. The Labute approximate surface area is 126 Å². The molecule has 0 aromatic rings. The summed E-state index contributed by atoms with van der Waals surface area (Å²) in [6, 6.07) is 0.0266. The molecular weight excluding hydrogens is 276 g/mol. The molecule has 0 radical (unpaired) electrons. The normalized spacial score (nSPS) is 13.9. The maximum Gasteiger partial charge on any atom is 0.317 e. The third-order valence-corrected chi connectivity index (χ3v) is 4.02. The molecule has 0 aliphatic carbocycles. The lowest BCUT2D eigenvalue weighted by atomic mass is 9.94. The quantitative estimate of drug-likeness (QED) is 0.687. The molecule has 0 heterocycles. The number of nitrogens with one attached hydrogen (secondary N) is 1. The van der Waals surface area contributed by atoms with Gasteiger partial charge in [-0.25, -0.2) is 4.79 Å². The fourth-order valence-electron chi connectivity index (χ4n) is 2.06. The van der Waals surface area contributed by atoms with Gasteiger partial charge < -0.3 is 15.3 Å². The largest absolute Gasteiger partial charge is 0.481 e. The van der Waals surface area contributed by atoms with Crippen LogP contribution in [0.4, 0.5) is 4.79 Å². The molecule has 0 bridgehead atoms. The van der Waals surface area contributed by atoms with Crippen LogP contribution in [-0.2, 0) is 4.79 Å². The molecule has 2 amide bonds. The van der Waals surface area contributed by atoms with Crippen LogP contribution < -0.4 is 5.32 Å². The monoisotopic (exact) mass is 304 g/mol. The van der Waals surface area contributed by atoms with Crippen LogP contribution in [0.1, 0.15) is 33.6 Å². The van der Waals surface area contributed by atoms with Gasteiger partial charge in [-0.15, -0.1) is 0 Å². The second kappa shape index (κ2) is 9.91. The Bertz CT molecular complexity index is 311. The lowest BCUT2D eigenvalue weighted by Crippen LogP contribution is -2.45. The molecule has 20 heavy (non-hydrogen) atoms. The van der Waals surface area contributed by atoms with E-state index in [0.717, 1.165) is 12.2 Å². The van der Waals surface area contributed by atoms with E-state index in [1.165, 1.54) is 0 Å². The van der Waals surface area contributed by atoms with Crippen LogP contribution in [0, 0.1) is 11.8 Å². The minimum Gasteiger partial charge on any atom is -0.481 e. The van der Waals surface area contributed by atoms with Crippen molar-refractivity contribution in [1.29, 1.82) is 0 Å². The van der Waals surface area contributed by atoms with E-state index in [1.807, 2.05) is 13.2 Å². The average molecular weight is 304 g/mol. The summed E-state index contributed by atoms with van der Waals surface area (Å²) in [5.41, 5.74) is 0. The maximum atomic E-state index is 12.0. The van der Waals surface area contributed by atoms with Crippen LogP contribution in [-0.4, -0.2) is 53.6 Å². The first kappa shape index (κ1) is 19.1. The highest BCUT2D eigenvalue weighted by Crippen LogP contribution is 2.15. The van der Waals surface area contributed by atoms with Gasteiger partial charge in [-0.2, -0.15) is 11.8 Å². The average Bonchev–Trinajstić information content (AvgIpc) is 2.33. The second-order valence-corrected chi connectivity index (χ2v) is 6.61. The Morgan fingerprint density at radius 1 is 1.30 bits per heavy atom. The highest BCUT2D eigenvalue weighted by molar-refractivity contribution is 7.98. The van der Waals surface area contributed by atoms with Crippen LogP contribution in [0.25, 0.3) is 0 Å². The fourth-order valence-corrected chi connectivity index (χ4v) is 2.77. The van der Waals surface area contributed by atoms with Crippen LogP contribution in [0.15, 0.2) is 0 Å². The van der Waals surface area contributed by atoms with Gasteiger partial charge >= 0.3 is 12.0 Å². The molecule has 2 unspecified atom stereocenters. The number of thioether (sulfide) groups is 1. The van der Waals surface area contributed by atoms with E-state index in [0.29, 0.717) is 12.5 Å². The van der Waals surface area contributed by atoms with E-state index in [9.17, 15) is 9.59 Å². The Balaban J connectivity index is 4.31. The van der Waals surface area contributed by atoms with Gasteiger partial charge in [0.15, 0.2) is 0 Å². The van der Waals surface area contributed by atoms with Crippen LogP contribution in [0.3, 0.4) is 0 Å². The van der Waals surface area contributed by atoms with Gasteiger partial charge in [-0.1, -0.05) is 13.8 Å². The molecule has 0 fully saturated rings. The number of carbonyl (C=O) groups excluding carboxylic acids is 1. The molecule has 0 saturated heterocycles. The first-order chi connectivity index (χ1) is 9.27. The standard InChI is InChI=1S/C14H28N2O3S/c1-10(2)6-12(7-13(17)18)8-15-14(19)16(4)11(3)9-20-5/h10-12H,6-9H2,1-5H3,(H,15,19)(H,17,18). The fraction of sp³-hybridized carbons (Fsp3) is 0.857. The van der Waals surface area contributed by atoms with Crippen molar-refractivity contribution >= 4 is 23.8 Å². The zero-order chi connectivity index (χ0) is 15.7. The van der Waals surface area contributed by atoms with E-state index in [-0.39, 0.29) is 24.4 Å². The Morgan fingerprint density at radius 3 is 2.35 bits per heavy atom. The van der Waals surface area contributed by atoms with Gasteiger partial charge in [0, 0.05) is 31.8 Å². The zero-order valence-electron chi connectivity index (χ0n) is 13.2. The minimum atomic E-state index is -0.811. The summed E-state index contributed by atoms with van der Waals surface area (Å²) in [7, 11) is 1.77. The summed E-state index contributed by atoms with van der Waals surface area (Å²) < 4.78 is 0. The number of nitrogens with zero attached hydrogens (tertiary/aromatic N) is 1. The highest BCUT2D eigenvalue weighted by Gasteiger charge is 2.19. The van der Waals surface area contributed by atoms with Crippen molar-refractivity contribution in [3.05, 3.63) is 0 Å². The molecule has 0 aromatic heterocycles. The van der Waals surface area contributed by atoms with Crippen molar-refractivity contribution in [3.63, 3.8) is 0 Å². The number of rotatable bonds is 9. The first-order valence-electron chi connectivity index (χ1n) is 6.99. The molecule has 0 aliphatic rings. The summed E-state index contributed by atoms with van der Waals surface area (Å²) in [6.07, 6.45) is 2.91. The lowest BCUT2D eigenvalue weighted by molar-refractivity contribution is -0.138. The highest BCUT2D eigenvalue weighted by atomic mass is 32.2. The Morgan fingerprint density at radius 2 is 1.90 bits per heavy atom. The van der Waals surface area contributed by atoms with E-state index >= 15 is 0 Å². The summed E-state index contributed by atoms with van der Waals surface area (Å²) in [4.78, 5) is 24.5. The van der Waals surface area contributed by atoms with Crippen molar-refractivity contribution in [2.24, 2.45) is 11.8 Å². The van der Waals surface area contributed by atoms with E-state index < -0.39 is 5.97 Å². The number of hydrogen-bond donors (Lipinski definition) is 2. The molecule has 2 atom stereocenters. The minimum absolute atomic E-state index is 0.0132. The van der Waals surface area contributed by atoms with Crippen molar-refractivity contribution in [1.82, 2.24) is 10.2 Å². The smallest absolute Gasteiger partial charge is 0.317 e. The van der Waals surface area contributed by atoms with Crippen molar-refractivity contribution in [2.45, 2.75) is 39.7 Å². The van der Waals surface area contributed by atoms with Gasteiger partial charge in [0.2, 0.25) is 0 Å². The predicted molar refractivity (Wildman–Crippen MR) is 84.2 cm³/mol. The number of carbonyl (C=O) groups is 2.